The lowest BCUT2D eigenvalue weighted by Crippen LogP contribution is -2.38. The quantitative estimate of drug-likeness (QED) is 0.729. The van der Waals surface area contributed by atoms with E-state index < -0.39 is 5.97 Å². The van der Waals surface area contributed by atoms with Crippen molar-refractivity contribution in [2.75, 3.05) is 24.5 Å². The van der Waals surface area contributed by atoms with Crippen molar-refractivity contribution in [2.24, 2.45) is 5.92 Å². The van der Waals surface area contributed by atoms with Gasteiger partial charge in [-0.15, -0.1) is 0 Å². The maximum Gasteiger partial charge on any atom is 0.335 e. The van der Waals surface area contributed by atoms with Gasteiger partial charge in [0, 0.05) is 26.2 Å². The Balaban J connectivity index is 1.41. The highest BCUT2D eigenvalue weighted by Gasteiger charge is 2.24. The van der Waals surface area contributed by atoms with Crippen LogP contribution in [0.2, 0.25) is 0 Å². The van der Waals surface area contributed by atoms with Gasteiger partial charge in [-0.25, -0.2) is 14.0 Å². The Kier molecular flexibility index (Phi) is 5.90. The molecule has 27 heavy (non-hydrogen) atoms. The molecule has 6 nitrogen and oxygen atoms in total. The Bertz CT molecular complexity index is 810. The fourth-order valence-electron chi connectivity index (χ4n) is 3.17. The molecule has 2 aromatic rings. The van der Waals surface area contributed by atoms with Gasteiger partial charge in [-0.1, -0.05) is 24.3 Å². The van der Waals surface area contributed by atoms with Gasteiger partial charge in [0.15, 0.2) is 0 Å². The number of urea groups is 1. The summed E-state index contributed by atoms with van der Waals surface area (Å²) in [5.74, 6) is -0.934. The van der Waals surface area contributed by atoms with Crippen molar-refractivity contribution in [3.05, 3.63) is 65.5 Å². The zero-order valence-corrected chi connectivity index (χ0v) is 14.8. The van der Waals surface area contributed by atoms with Crippen molar-refractivity contribution in [3.63, 3.8) is 0 Å². The molecule has 1 aliphatic heterocycles. The van der Waals surface area contributed by atoms with Crippen molar-refractivity contribution < 1.29 is 19.1 Å². The van der Waals surface area contributed by atoms with E-state index in [0.29, 0.717) is 25.3 Å². The number of amides is 2. The molecule has 2 aromatic carbocycles. The van der Waals surface area contributed by atoms with Crippen LogP contribution in [0, 0.1) is 11.7 Å². The second-order valence-corrected chi connectivity index (χ2v) is 6.62. The molecule has 2 amide bonds. The minimum absolute atomic E-state index is 0.212. The fraction of sp³-hybridized carbons (Fsp3) is 0.300. The smallest absolute Gasteiger partial charge is 0.335 e. The van der Waals surface area contributed by atoms with E-state index in [2.05, 4.69) is 10.6 Å². The molecule has 7 heteroatoms. The summed E-state index contributed by atoms with van der Waals surface area (Å²) in [6.07, 6.45) is 0.894. The van der Waals surface area contributed by atoms with E-state index in [-0.39, 0.29) is 23.3 Å². The highest BCUT2D eigenvalue weighted by atomic mass is 19.1. The average Bonchev–Trinajstić information content (AvgIpc) is 3.14. The zero-order valence-electron chi connectivity index (χ0n) is 14.8. The Hall–Kier alpha value is -3.09. The van der Waals surface area contributed by atoms with Crippen molar-refractivity contribution in [1.29, 1.82) is 0 Å². The molecule has 1 atom stereocenters. The van der Waals surface area contributed by atoms with Crippen LogP contribution in [-0.4, -0.2) is 36.7 Å². The van der Waals surface area contributed by atoms with Crippen LogP contribution in [0.1, 0.15) is 22.3 Å². The summed E-state index contributed by atoms with van der Waals surface area (Å²) in [5.41, 5.74) is 1.64. The lowest BCUT2D eigenvalue weighted by atomic mass is 10.1. The molecule has 1 fully saturated rings. The van der Waals surface area contributed by atoms with Gasteiger partial charge >= 0.3 is 12.0 Å². The summed E-state index contributed by atoms with van der Waals surface area (Å²) < 4.78 is 13.9. The molecule has 0 radical (unpaired) electrons. The number of benzene rings is 2. The number of rotatable bonds is 6. The van der Waals surface area contributed by atoms with E-state index in [1.54, 1.807) is 24.3 Å². The third-order valence-electron chi connectivity index (χ3n) is 4.68. The minimum Gasteiger partial charge on any atom is -0.478 e. The van der Waals surface area contributed by atoms with Crippen molar-refractivity contribution >= 4 is 17.7 Å². The molecule has 0 bridgehead atoms. The van der Waals surface area contributed by atoms with Gasteiger partial charge in [-0.2, -0.15) is 0 Å². The molecular formula is C20H22FN3O3. The molecule has 0 spiro atoms. The largest absolute Gasteiger partial charge is 0.478 e. The molecular weight excluding hydrogens is 349 g/mol. The highest BCUT2D eigenvalue weighted by Crippen LogP contribution is 2.25. The number of para-hydroxylation sites is 1. The Morgan fingerprint density at radius 1 is 1.11 bits per heavy atom. The zero-order chi connectivity index (χ0) is 19.2. The van der Waals surface area contributed by atoms with Gasteiger partial charge in [-0.3, -0.25) is 0 Å². The first-order chi connectivity index (χ1) is 13.0. The van der Waals surface area contributed by atoms with Crippen LogP contribution < -0.4 is 15.5 Å². The fourth-order valence-corrected chi connectivity index (χ4v) is 3.17. The van der Waals surface area contributed by atoms with Crippen LogP contribution in [0.3, 0.4) is 0 Å². The summed E-state index contributed by atoms with van der Waals surface area (Å²) in [6.45, 7) is 2.31. The number of carbonyl (C=O) groups excluding carboxylic acids is 1. The lowest BCUT2D eigenvalue weighted by Gasteiger charge is -2.19. The third-order valence-corrected chi connectivity index (χ3v) is 4.68. The number of hydrogen-bond acceptors (Lipinski definition) is 3. The Morgan fingerprint density at radius 2 is 1.85 bits per heavy atom. The van der Waals surface area contributed by atoms with Crippen molar-refractivity contribution in [3.8, 4) is 0 Å². The summed E-state index contributed by atoms with van der Waals surface area (Å²) in [4.78, 5) is 24.8. The van der Waals surface area contributed by atoms with E-state index in [1.807, 2.05) is 11.0 Å². The highest BCUT2D eigenvalue weighted by molar-refractivity contribution is 5.87. The number of halogens is 1. The molecule has 0 saturated carbocycles. The first-order valence-corrected chi connectivity index (χ1v) is 8.86. The third kappa shape index (κ3) is 4.97. The van der Waals surface area contributed by atoms with Gasteiger partial charge in [0.25, 0.3) is 0 Å². The first-order valence-electron chi connectivity index (χ1n) is 8.86. The number of aromatic carboxylic acids is 1. The number of carboxylic acids is 1. The maximum atomic E-state index is 13.9. The average molecular weight is 371 g/mol. The normalized spacial score (nSPS) is 16.2. The predicted molar refractivity (Wildman–Crippen MR) is 100 cm³/mol. The summed E-state index contributed by atoms with van der Waals surface area (Å²) in [6, 6.07) is 12.8. The first kappa shape index (κ1) is 18.7. The molecule has 0 aliphatic carbocycles. The number of nitrogens with zero attached hydrogens (tertiary/aromatic N) is 1. The SMILES string of the molecule is O=C(NCc1ccc(C(=O)O)cc1)NCC1CCN(c2ccccc2F)C1. The maximum absolute atomic E-state index is 13.9. The molecule has 3 N–H and O–H groups in total. The molecule has 1 saturated heterocycles. The van der Waals surface area contributed by atoms with E-state index >= 15 is 0 Å². The summed E-state index contributed by atoms with van der Waals surface area (Å²) in [5, 5.41) is 14.5. The van der Waals surface area contributed by atoms with Crippen molar-refractivity contribution in [1.82, 2.24) is 10.6 Å². The lowest BCUT2D eigenvalue weighted by molar-refractivity contribution is 0.0697. The van der Waals surface area contributed by atoms with Crippen molar-refractivity contribution in [2.45, 2.75) is 13.0 Å². The van der Waals surface area contributed by atoms with E-state index in [9.17, 15) is 14.0 Å². The minimum atomic E-state index is -0.978. The van der Waals surface area contributed by atoms with Crippen LogP contribution in [-0.2, 0) is 6.54 Å². The molecule has 0 aromatic heterocycles. The van der Waals surface area contributed by atoms with E-state index in [1.165, 1.54) is 18.2 Å². The second kappa shape index (κ2) is 8.53. The number of anilines is 1. The van der Waals surface area contributed by atoms with Gasteiger partial charge in [0.1, 0.15) is 5.82 Å². The van der Waals surface area contributed by atoms with Gasteiger partial charge in [0.05, 0.1) is 11.3 Å². The summed E-state index contributed by atoms with van der Waals surface area (Å²) in [7, 11) is 0. The number of nitrogens with one attached hydrogen (secondary N) is 2. The van der Waals surface area contributed by atoms with Crippen LogP contribution in [0.25, 0.3) is 0 Å². The van der Waals surface area contributed by atoms with E-state index in [0.717, 1.165) is 18.5 Å². The molecule has 1 aliphatic rings. The monoisotopic (exact) mass is 371 g/mol. The standard InChI is InChI=1S/C20H22FN3O3/c21-17-3-1-2-4-18(17)24-10-9-15(13-24)12-23-20(27)22-11-14-5-7-16(8-6-14)19(25)26/h1-8,15H,9-13H2,(H,25,26)(H2,22,23,27). The molecule has 142 valence electrons. The van der Waals surface area contributed by atoms with E-state index in [4.69, 9.17) is 5.11 Å². The Morgan fingerprint density at radius 3 is 2.56 bits per heavy atom. The number of carboxylic acid groups (broad SMARTS) is 1. The van der Waals surface area contributed by atoms with Crippen LogP contribution in [0.4, 0.5) is 14.9 Å². The van der Waals surface area contributed by atoms with Crippen LogP contribution >= 0.6 is 0 Å². The topological polar surface area (TPSA) is 81.7 Å². The van der Waals surface area contributed by atoms with Gasteiger partial charge in [-0.05, 0) is 42.2 Å². The van der Waals surface area contributed by atoms with Gasteiger partial charge in [0.2, 0.25) is 0 Å². The second-order valence-electron chi connectivity index (χ2n) is 6.62. The number of carbonyl (C=O) groups is 2. The predicted octanol–water partition coefficient (Wildman–Crippen LogP) is 2.85. The molecule has 1 heterocycles. The van der Waals surface area contributed by atoms with Gasteiger partial charge < -0.3 is 20.6 Å². The number of hydrogen-bond donors (Lipinski definition) is 3. The van der Waals surface area contributed by atoms with Crippen LogP contribution in [0.5, 0.6) is 0 Å². The summed E-state index contributed by atoms with van der Waals surface area (Å²) >= 11 is 0. The Labute approximate surface area is 157 Å². The van der Waals surface area contributed by atoms with Crippen LogP contribution in [0.15, 0.2) is 48.5 Å². The molecule has 3 rings (SSSR count). The molecule has 1 unspecified atom stereocenters.